The number of fused-ring (bicyclic) bond motifs is 1. The van der Waals surface area contributed by atoms with E-state index in [9.17, 15) is 9.18 Å². The number of anilines is 1. The lowest BCUT2D eigenvalue weighted by atomic mass is 10.2. The van der Waals surface area contributed by atoms with Crippen LogP contribution < -0.4 is 15.5 Å². The topological polar surface area (TPSA) is 74.6 Å². The van der Waals surface area contributed by atoms with E-state index in [4.69, 9.17) is 0 Å². The lowest BCUT2D eigenvalue weighted by Gasteiger charge is -2.18. The molecule has 134 valence electrons. The van der Waals surface area contributed by atoms with Crippen molar-refractivity contribution in [3.05, 3.63) is 23.7 Å². The second-order valence-corrected chi connectivity index (χ2v) is 7.18. The molecule has 4 heterocycles. The highest BCUT2D eigenvalue weighted by atomic mass is 19.1. The molecule has 2 aliphatic heterocycles. The van der Waals surface area contributed by atoms with Crippen molar-refractivity contribution in [2.24, 2.45) is 5.92 Å². The summed E-state index contributed by atoms with van der Waals surface area (Å²) in [5.41, 5.74) is 2.71. The largest absolute Gasteiger partial charge is 0.370 e. The average molecular weight is 346 g/mol. The molecule has 4 rings (SSSR count). The van der Waals surface area contributed by atoms with Crippen molar-refractivity contribution in [1.82, 2.24) is 25.2 Å². The number of aryl methyl sites for hydroxylation is 1. The van der Waals surface area contributed by atoms with Crippen molar-refractivity contribution in [1.29, 1.82) is 0 Å². The summed E-state index contributed by atoms with van der Waals surface area (Å²) in [5, 5.41) is 9.91. The Bertz CT molecular complexity index is 806. The Balaban J connectivity index is 1.59. The third kappa shape index (κ3) is 3.06. The number of halogens is 1. The molecule has 0 radical (unpaired) electrons. The molecule has 2 aromatic heterocycles. The molecule has 2 saturated heterocycles. The lowest BCUT2D eigenvalue weighted by Crippen LogP contribution is -2.41. The molecule has 0 spiro atoms. The lowest BCUT2D eigenvalue weighted by molar-refractivity contribution is 0.0914. The Morgan fingerprint density at radius 1 is 1.44 bits per heavy atom. The van der Waals surface area contributed by atoms with Crippen molar-refractivity contribution in [3.63, 3.8) is 0 Å². The van der Waals surface area contributed by atoms with Gasteiger partial charge in [0.25, 0.3) is 5.91 Å². The number of hydrogen-bond donors (Lipinski definition) is 2. The van der Waals surface area contributed by atoms with Gasteiger partial charge in [-0.3, -0.25) is 4.79 Å². The van der Waals surface area contributed by atoms with E-state index in [-0.39, 0.29) is 12.4 Å². The highest BCUT2D eigenvalue weighted by molar-refractivity contribution is 5.91. The molecule has 2 aliphatic rings. The van der Waals surface area contributed by atoms with Crippen LogP contribution in [0.2, 0.25) is 0 Å². The molecular weight excluding hydrogens is 323 g/mol. The Kier molecular flexibility index (Phi) is 4.07. The van der Waals surface area contributed by atoms with E-state index in [0.29, 0.717) is 18.1 Å². The van der Waals surface area contributed by atoms with Crippen LogP contribution >= 0.6 is 0 Å². The summed E-state index contributed by atoms with van der Waals surface area (Å²) in [4.78, 5) is 19.0. The zero-order chi connectivity index (χ0) is 17.6. The molecule has 25 heavy (non-hydrogen) atoms. The molecule has 0 bridgehead atoms. The third-order valence-corrected chi connectivity index (χ3v) is 5.05. The zero-order valence-corrected chi connectivity index (χ0v) is 14.5. The Morgan fingerprint density at radius 3 is 2.96 bits per heavy atom. The number of pyridine rings is 1. The van der Waals surface area contributed by atoms with E-state index in [0.717, 1.165) is 24.3 Å². The van der Waals surface area contributed by atoms with Gasteiger partial charge in [0.2, 0.25) is 5.82 Å². The van der Waals surface area contributed by atoms with Gasteiger partial charge in [0.05, 0.1) is 17.9 Å². The van der Waals surface area contributed by atoms with Crippen molar-refractivity contribution in [3.8, 4) is 0 Å². The van der Waals surface area contributed by atoms with Gasteiger partial charge in [0.15, 0.2) is 5.65 Å². The predicted molar refractivity (Wildman–Crippen MR) is 92.7 cm³/mol. The summed E-state index contributed by atoms with van der Waals surface area (Å²) in [6.07, 6.45) is 2.02. The Labute approximate surface area is 145 Å². The first-order valence-electron chi connectivity index (χ1n) is 8.79. The predicted octanol–water partition coefficient (Wildman–Crippen LogP) is 0.924. The van der Waals surface area contributed by atoms with E-state index < -0.39 is 18.1 Å². The summed E-state index contributed by atoms with van der Waals surface area (Å²) in [6.45, 7) is 6.96. The minimum absolute atomic E-state index is 0.0779. The monoisotopic (exact) mass is 346 g/mol. The van der Waals surface area contributed by atoms with E-state index in [1.54, 1.807) is 4.52 Å². The summed E-state index contributed by atoms with van der Waals surface area (Å²) < 4.78 is 15.3. The van der Waals surface area contributed by atoms with Crippen LogP contribution in [0.5, 0.6) is 0 Å². The molecule has 7 nitrogen and oxygen atoms in total. The van der Waals surface area contributed by atoms with Gasteiger partial charge in [-0.2, -0.15) is 0 Å². The number of aromatic nitrogens is 3. The number of nitrogens with one attached hydrogen (secondary N) is 2. The SMILES string of the molecule is Cc1cc(N2CCC(C)C2)cn2nc(C(=O)NC3CNCC3F)nc12. The maximum atomic E-state index is 13.7. The number of amides is 1. The van der Waals surface area contributed by atoms with Crippen LogP contribution in [0.1, 0.15) is 29.5 Å². The Hall–Kier alpha value is -2.22. The van der Waals surface area contributed by atoms with Gasteiger partial charge in [-0.1, -0.05) is 6.92 Å². The zero-order valence-electron chi connectivity index (χ0n) is 14.5. The van der Waals surface area contributed by atoms with Crippen molar-refractivity contribution in [2.45, 2.75) is 32.5 Å². The fraction of sp³-hybridized carbons (Fsp3) is 0.588. The van der Waals surface area contributed by atoms with Crippen molar-refractivity contribution >= 4 is 17.2 Å². The minimum atomic E-state index is -1.08. The highest BCUT2D eigenvalue weighted by Crippen LogP contribution is 2.25. The summed E-state index contributed by atoms with van der Waals surface area (Å²) >= 11 is 0. The van der Waals surface area contributed by atoms with E-state index >= 15 is 0 Å². The fourth-order valence-corrected chi connectivity index (χ4v) is 3.59. The first kappa shape index (κ1) is 16.3. The minimum Gasteiger partial charge on any atom is -0.370 e. The van der Waals surface area contributed by atoms with Gasteiger partial charge in [-0.15, -0.1) is 5.10 Å². The number of hydrogen-bond acceptors (Lipinski definition) is 5. The van der Waals surface area contributed by atoms with Gasteiger partial charge in [-0.25, -0.2) is 13.9 Å². The van der Waals surface area contributed by atoms with E-state index in [1.807, 2.05) is 13.1 Å². The molecule has 2 N–H and O–H groups in total. The van der Waals surface area contributed by atoms with E-state index in [1.165, 1.54) is 6.42 Å². The van der Waals surface area contributed by atoms with Crippen LogP contribution in [0.25, 0.3) is 5.65 Å². The van der Waals surface area contributed by atoms with Crippen molar-refractivity contribution < 1.29 is 9.18 Å². The second kappa shape index (κ2) is 6.25. The maximum absolute atomic E-state index is 13.7. The van der Waals surface area contributed by atoms with Gasteiger partial charge in [0, 0.05) is 26.2 Å². The molecule has 3 unspecified atom stereocenters. The normalized spacial score (nSPS) is 26.5. The van der Waals surface area contributed by atoms with Gasteiger partial charge in [-0.05, 0) is 30.9 Å². The number of carbonyl (C=O) groups excluding carboxylic acids is 1. The molecule has 8 heteroatoms. The number of rotatable bonds is 3. The fourth-order valence-electron chi connectivity index (χ4n) is 3.59. The standard InChI is InChI=1S/C17H23FN6O/c1-10-3-4-23(8-10)12-5-11(2)16-21-15(22-24(16)9-12)17(25)20-14-7-19-6-13(14)18/h5,9-10,13-14,19H,3-4,6-8H2,1-2H3,(H,20,25). The van der Waals surface area contributed by atoms with Gasteiger partial charge < -0.3 is 15.5 Å². The van der Waals surface area contributed by atoms with E-state index in [2.05, 4.69) is 38.6 Å². The molecule has 3 atom stereocenters. The highest BCUT2D eigenvalue weighted by Gasteiger charge is 2.29. The van der Waals surface area contributed by atoms with Crippen LogP contribution in [0.15, 0.2) is 12.3 Å². The number of nitrogens with zero attached hydrogens (tertiary/aromatic N) is 4. The third-order valence-electron chi connectivity index (χ3n) is 5.05. The smallest absolute Gasteiger partial charge is 0.291 e. The summed E-state index contributed by atoms with van der Waals surface area (Å²) in [7, 11) is 0. The van der Waals surface area contributed by atoms with Crippen molar-refractivity contribution in [2.75, 3.05) is 31.1 Å². The molecule has 0 aliphatic carbocycles. The average Bonchev–Trinajstić information content (AvgIpc) is 3.28. The number of alkyl halides is 1. The molecular formula is C17H23FN6O. The van der Waals surface area contributed by atoms with Gasteiger partial charge in [0.1, 0.15) is 6.17 Å². The molecule has 0 saturated carbocycles. The van der Waals surface area contributed by atoms with Crippen LogP contribution in [0.3, 0.4) is 0 Å². The second-order valence-electron chi connectivity index (χ2n) is 7.18. The van der Waals surface area contributed by atoms with Crippen LogP contribution in [0, 0.1) is 12.8 Å². The maximum Gasteiger partial charge on any atom is 0.291 e. The molecule has 0 aromatic carbocycles. The number of carbonyl (C=O) groups is 1. The molecule has 1 amide bonds. The first-order chi connectivity index (χ1) is 12.0. The van der Waals surface area contributed by atoms with Gasteiger partial charge >= 0.3 is 0 Å². The summed E-state index contributed by atoms with van der Waals surface area (Å²) in [5.74, 6) is 0.326. The first-order valence-corrected chi connectivity index (χ1v) is 8.79. The van der Waals surface area contributed by atoms with Crippen LogP contribution in [-0.2, 0) is 0 Å². The quantitative estimate of drug-likeness (QED) is 0.865. The Morgan fingerprint density at radius 2 is 2.28 bits per heavy atom. The molecule has 2 fully saturated rings. The van der Waals surface area contributed by atoms with Crippen LogP contribution in [-0.4, -0.2) is 58.9 Å². The molecule has 2 aromatic rings. The van der Waals surface area contributed by atoms with Crippen LogP contribution in [0.4, 0.5) is 10.1 Å². The summed E-state index contributed by atoms with van der Waals surface area (Å²) in [6, 6.07) is 1.56.